The molecule has 2 N–H and O–H groups in total. The van der Waals surface area contributed by atoms with Crippen molar-refractivity contribution in [3.8, 4) is 0 Å². The molecular weight excluding hydrogens is 274 g/mol. The number of hydrogen-bond donors (Lipinski definition) is 2. The highest BCUT2D eigenvalue weighted by Crippen LogP contribution is 2.19. The Morgan fingerprint density at radius 2 is 2.05 bits per heavy atom. The molecule has 1 saturated heterocycles. The van der Waals surface area contributed by atoms with E-state index in [1.807, 2.05) is 0 Å². The number of aromatic nitrogens is 2. The van der Waals surface area contributed by atoms with Gasteiger partial charge >= 0.3 is 0 Å². The smallest absolute Gasteiger partial charge is 0.224 e. The fraction of sp³-hybridized carbons (Fsp3) is 0.714. The Labute approximate surface area is 126 Å². The van der Waals surface area contributed by atoms with Crippen LogP contribution >= 0.6 is 11.6 Å². The van der Waals surface area contributed by atoms with Crippen LogP contribution in [0.25, 0.3) is 0 Å². The van der Waals surface area contributed by atoms with E-state index in [4.69, 9.17) is 11.6 Å². The highest BCUT2D eigenvalue weighted by molar-refractivity contribution is 6.32. The summed E-state index contributed by atoms with van der Waals surface area (Å²) in [5, 5.41) is 7.05. The van der Waals surface area contributed by atoms with Gasteiger partial charge in [0.25, 0.3) is 0 Å². The second kappa shape index (κ2) is 8.27. The van der Waals surface area contributed by atoms with Crippen LogP contribution in [-0.4, -0.2) is 47.6 Å². The second-order valence-electron chi connectivity index (χ2n) is 5.15. The van der Waals surface area contributed by atoms with E-state index in [1.54, 1.807) is 6.20 Å². The molecule has 0 atom stereocenters. The lowest BCUT2D eigenvalue weighted by Crippen LogP contribution is -2.22. The Morgan fingerprint density at radius 1 is 1.25 bits per heavy atom. The summed E-state index contributed by atoms with van der Waals surface area (Å²) >= 11 is 6.11. The summed E-state index contributed by atoms with van der Waals surface area (Å²) in [4.78, 5) is 11.1. The predicted octanol–water partition coefficient (Wildman–Crippen LogP) is 2.85. The Hall–Kier alpha value is -1.07. The Morgan fingerprint density at radius 3 is 2.80 bits per heavy atom. The average molecular weight is 298 g/mol. The molecule has 5 nitrogen and oxygen atoms in total. The number of nitrogens with zero attached hydrogens (tertiary/aromatic N) is 3. The second-order valence-corrected chi connectivity index (χ2v) is 5.55. The fourth-order valence-corrected chi connectivity index (χ4v) is 2.49. The average Bonchev–Trinajstić information content (AvgIpc) is 2.97. The van der Waals surface area contributed by atoms with E-state index in [0.717, 1.165) is 38.3 Å². The molecule has 112 valence electrons. The number of rotatable bonds is 8. The lowest BCUT2D eigenvalue weighted by Gasteiger charge is -2.15. The van der Waals surface area contributed by atoms with Gasteiger partial charge < -0.3 is 15.5 Å². The minimum Gasteiger partial charge on any atom is -0.369 e. The van der Waals surface area contributed by atoms with Crippen molar-refractivity contribution >= 4 is 23.4 Å². The summed E-state index contributed by atoms with van der Waals surface area (Å²) in [5.41, 5.74) is 0. The van der Waals surface area contributed by atoms with Gasteiger partial charge in [0, 0.05) is 13.1 Å². The van der Waals surface area contributed by atoms with Crippen LogP contribution in [0.15, 0.2) is 6.20 Å². The highest BCUT2D eigenvalue weighted by Gasteiger charge is 2.10. The van der Waals surface area contributed by atoms with Gasteiger partial charge in [0.1, 0.15) is 10.8 Å². The number of likely N-dealkylation sites (tertiary alicyclic amines) is 1. The third-order valence-corrected chi connectivity index (χ3v) is 3.70. The SMILES string of the molecule is CCCNc1ncc(Cl)c(NCCCN2CCCC2)n1. The number of anilines is 2. The molecule has 0 unspecified atom stereocenters. The Balaban J connectivity index is 1.75. The molecule has 1 aromatic heterocycles. The van der Waals surface area contributed by atoms with Gasteiger partial charge in [-0.25, -0.2) is 4.98 Å². The molecule has 1 aliphatic heterocycles. The summed E-state index contributed by atoms with van der Waals surface area (Å²) in [6.45, 7) is 7.52. The van der Waals surface area contributed by atoms with Crippen molar-refractivity contribution in [2.45, 2.75) is 32.6 Å². The first kappa shape index (κ1) is 15.3. The molecule has 20 heavy (non-hydrogen) atoms. The van der Waals surface area contributed by atoms with Crippen LogP contribution in [-0.2, 0) is 0 Å². The van der Waals surface area contributed by atoms with Crippen molar-refractivity contribution in [2.75, 3.05) is 43.4 Å². The molecule has 0 spiro atoms. The first-order valence-electron chi connectivity index (χ1n) is 7.52. The zero-order valence-electron chi connectivity index (χ0n) is 12.2. The summed E-state index contributed by atoms with van der Waals surface area (Å²) in [6, 6.07) is 0. The van der Waals surface area contributed by atoms with E-state index < -0.39 is 0 Å². The van der Waals surface area contributed by atoms with Crippen molar-refractivity contribution < 1.29 is 0 Å². The highest BCUT2D eigenvalue weighted by atomic mass is 35.5. The molecule has 0 amide bonds. The van der Waals surface area contributed by atoms with Crippen LogP contribution in [0.5, 0.6) is 0 Å². The van der Waals surface area contributed by atoms with Gasteiger partial charge in [0.2, 0.25) is 5.95 Å². The molecule has 0 bridgehead atoms. The number of hydrogen-bond acceptors (Lipinski definition) is 5. The molecule has 1 fully saturated rings. The van der Waals surface area contributed by atoms with Gasteiger partial charge in [0.15, 0.2) is 0 Å². The van der Waals surface area contributed by atoms with E-state index in [2.05, 4.69) is 32.4 Å². The molecule has 2 heterocycles. The van der Waals surface area contributed by atoms with Gasteiger partial charge in [-0.2, -0.15) is 4.98 Å². The monoisotopic (exact) mass is 297 g/mol. The molecular formula is C14H24ClN5. The quantitative estimate of drug-likeness (QED) is 0.723. The largest absolute Gasteiger partial charge is 0.369 e. The van der Waals surface area contributed by atoms with Crippen molar-refractivity contribution in [1.29, 1.82) is 0 Å². The van der Waals surface area contributed by atoms with Gasteiger partial charge in [-0.05, 0) is 45.3 Å². The van der Waals surface area contributed by atoms with Crippen LogP contribution < -0.4 is 10.6 Å². The molecule has 1 aromatic rings. The third kappa shape index (κ3) is 4.80. The molecule has 1 aliphatic rings. The topological polar surface area (TPSA) is 53.1 Å². The van der Waals surface area contributed by atoms with Gasteiger partial charge in [0.05, 0.1) is 6.20 Å². The van der Waals surface area contributed by atoms with Crippen LogP contribution in [0.4, 0.5) is 11.8 Å². The fourth-order valence-electron chi connectivity index (χ4n) is 2.33. The maximum absolute atomic E-state index is 6.11. The first-order chi connectivity index (χ1) is 9.79. The van der Waals surface area contributed by atoms with Crippen molar-refractivity contribution in [2.24, 2.45) is 0 Å². The van der Waals surface area contributed by atoms with E-state index >= 15 is 0 Å². The molecule has 0 aromatic carbocycles. The molecule has 0 saturated carbocycles. The van der Waals surface area contributed by atoms with Crippen LogP contribution in [0, 0.1) is 0 Å². The lowest BCUT2D eigenvalue weighted by molar-refractivity contribution is 0.337. The number of nitrogens with one attached hydrogen (secondary N) is 2. The van der Waals surface area contributed by atoms with Crippen LogP contribution in [0.1, 0.15) is 32.6 Å². The maximum atomic E-state index is 6.11. The van der Waals surface area contributed by atoms with E-state index in [0.29, 0.717) is 11.0 Å². The summed E-state index contributed by atoms with van der Waals surface area (Å²) < 4.78 is 0. The zero-order chi connectivity index (χ0) is 14.2. The van der Waals surface area contributed by atoms with Gasteiger partial charge in [-0.15, -0.1) is 0 Å². The van der Waals surface area contributed by atoms with Crippen molar-refractivity contribution in [1.82, 2.24) is 14.9 Å². The third-order valence-electron chi connectivity index (χ3n) is 3.42. The minimum atomic E-state index is 0.577. The predicted molar refractivity (Wildman–Crippen MR) is 84.6 cm³/mol. The maximum Gasteiger partial charge on any atom is 0.224 e. The molecule has 2 rings (SSSR count). The van der Waals surface area contributed by atoms with Gasteiger partial charge in [-0.1, -0.05) is 18.5 Å². The van der Waals surface area contributed by atoms with E-state index in [1.165, 1.54) is 25.9 Å². The summed E-state index contributed by atoms with van der Waals surface area (Å²) in [5.74, 6) is 1.36. The Bertz CT molecular complexity index is 407. The van der Waals surface area contributed by atoms with E-state index in [9.17, 15) is 0 Å². The Kier molecular flexibility index (Phi) is 6.33. The zero-order valence-corrected chi connectivity index (χ0v) is 12.9. The van der Waals surface area contributed by atoms with Crippen LogP contribution in [0.3, 0.4) is 0 Å². The van der Waals surface area contributed by atoms with Crippen molar-refractivity contribution in [3.63, 3.8) is 0 Å². The lowest BCUT2D eigenvalue weighted by atomic mass is 10.4. The molecule has 0 aliphatic carbocycles. The summed E-state index contributed by atoms with van der Waals surface area (Å²) in [6.07, 6.45) is 6.49. The normalized spacial score (nSPS) is 15.5. The van der Waals surface area contributed by atoms with E-state index in [-0.39, 0.29) is 0 Å². The van der Waals surface area contributed by atoms with Crippen LogP contribution in [0.2, 0.25) is 5.02 Å². The number of halogens is 1. The van der Waals surface area contributed by atoms with Gasteiger partial charge in [-0.3, -0.25) is 0 Å². The minimum absolute atomic E-state index is 0.577. The van der Waals surface area contributed by atoms with Crippen molar-refractivity contribution in [3.05, 3.63) is 11.2 Å². The molecule has 0 radical (unpaired) electrons. The first-order valence-corrected chi connectivity index (χ1v) is 7.90. The standard InChI is InChI=1S/C14H24ClN5/c1-2-6-17-14-18-11-12(15)13(19-14)16-7-5-10-20-8-3-4-9-20/h11H,2-10H2,1H3,(H2,16,17,18,19). The summed E-state index contributed by atoms with van der Waals surface area (Å²) in [7, 11) is 0. The molecule has 6 heteroatoms.